The first kappa shape index (κ1) is 47.7. The number of rotatable bonds is 6. The Bertz CT molecular complexity index is 2480. The number of benzene rings is 6. The van der Waals surface area contributed by atoms with E-state index in [4.69, 9.17) is 17.0 Å². The predicted octanol–water partition coefficient (Wildman–Crippen LogP) is 15.9. The normalized spacial score (nSPS) is 11.9. The van der Waals surface area contributed by atoms with E-state index in [1.165, 1.54) is 87.6 Å². The molecule has 62 heavy (non-hydrogen) atoms. The summed E-state index contributed by atoms with van der Waals surface area (Å²) in [5, 5.41) is 8.36. The quantitative estimate of drug-likeness (QED) is 0.115. The van der Waals surface area contributed by atoms with Gasteiger partial charge in [-0.05, 0) is 46.6 Å². The Morgan fingerprint density at radius 2 is 0.968 bits per heavy atom. The first-order valence-electron chi connectivity index (χ1n) is 22.0. The van der Waals surface area contributed by atoms with Crippen LogP contribution in [-0.2, 0) is 44.5 Å². The van der Waals surface area contributed by atoms with E-state index in [1.54, 1.807) is 0 Å². The summed E-state index contributed by atoms with van der Waals surface area (Å²) in [6.45, 7) is 23.0. The van der Waals surface area contributed by atoms with Crippen molar-refractivity contribution in [3.8, 4) is 33.4 Å². The van der Waals surface area contributed by atoms with Crippen LogP contribution >= 0.6 is 17.0 Å². The second-order valence-corrected chi connectivity index (χ2v) is 24.4. The van der Waals surface area contributed by atoms with Crippen LogP contribution in [0.5, 0.6) is 0 Å². The number of fused-ring (bicyclic) bond motifs is 5. The second-order valence-electron chi connectivity index (χ2n) is 19.3. The molecule has 0 unspecified atom stereocenters. The molecule has 8 aromatic carbocycles. The molecule has 1 heterocycles. The molecule has 1 aliphatic rings. The minimum atomic E-state index is -0.826. The van der Waals surface area contributed by atoms with Gasteiger partial charge in [-0.25, -0.2) is 0 Å². The first-order valence-corrected chi connectivity index (χ1v) is 29.3. The molecule has 0 aromatic heterocycles. The van der Waals surface area contributed by atoms with Crippen LogP contribution in [0, 0.1) is 17.9 Å². The maximum atomic E-state index is 4.93. The maximum Gasteiger partial charge on any atom is 0.0920 e. The van der Waals surface area contributed by atoms with Gasteiger partial charge in [0.2, 0.25) is 0 Å². The molecule has 0 spiro atoms. The van der Waals surface area contributed by atoms with E-state index in [0.717, 1.165) is 22.4 Å². The first-order chi connectivity index (χ1) is 29.6. The minimum absolute atomic E-state index is 0.134. The Labute approximate surface area is 394 Å². The molecule has 2 radical (unpaired) electrons. The predicted molar refractivity (Wildman–Crippen MR) is 272 cm³/mol. The van der Waals surface area contributed by atoms with Crippen LogP contribution in [0.2, 0.25) is 0 Å². The molecule has 1 aliphatic heterocycles. The van der Waals surface area contributed by atoms with Gasteiger partial charge in [-0.15, -0.1) is 74.6 Å². The zero-order valence-corrected chi connectivity index (χ0v) is 43.2. The van der Waals surface area contributed by atoms with Crippen LogP contribution < -0.4 is 10.4 Å². The summed E-state index contributed by atoms with van der Waals surface area (Å²) < 4.78 is 0. The molecule has 0 aliphatic carbocycles. The van der Waals surface area contributed by atoms with Gasteiger partial charge in [-0.3, -0.25) is 0 Å². The van der Waals surface area contributed by atoms with Crippen molar-refractivity contribution < 1.29 is 20.8 Å². The summed E-state index contributed by atoms with van der Waals surface area (Å²) in [6.07, 6.45) is 2.29. The van der Waals surface area contributed by atoms with Gasteiger partial charge in [0.1, 0.15) is 0 Å². The standard InChI is InChI=1S/2C23H27.C12H7Si.2ClH.Zr/c2*1-16(2)13-17-14-19-11-12-21(23(3,4)5)22(20(19)15-17)18-9-7-6-8-10-18;1-3-7-11-9(5-1)10-6-2-4-8-12(10)13-11;;;/h2*6-12,14-16H,13H2,1-5H3;1-7H;2*1H;/q3*-1;;;+2/p-2. The molecule has 0 N–H and O–H groups in total. The van der Waals surface area contributed by atoms with Gasteiger partial charge in [-0.1, -0.05) is 187 Å². The van der Waals surface area contributed by atoms with Crippen molar-refractivity contribution in [3.05, 3.63) is 180 Å². The van der Waals surface area contributed by atoms with Gasteiger partial charge >= 0.3 is 37.9 Å². The Hall–Kier alpha value is -3.78. The van der Waals surface area contributed by atoms with Crippen molar-refractivity contribution in [2.75, 3.05) is 0 Å². The van der Waals surface area contributed by atoms with Gasteiger partial charge < -0.3 is 0 Å². The fourth-order valence-corrected chi connectivity index (χ4v) is 9.98. The van der Waals surface area contributed by atoms with Crippen molar-refractivity contribution >= 4 is 58.5 Å². The molecule has 0 atom stereocenters. The molecule has 0 saturated carbocycles. The van der Waals surface area contributed by atoms with E-state index in [-0.39, 0.29) is 10.8 Å². The van der Waals surface area contributed by atoms with E-state index < -0.39 is 20.8 Å². The van der Waals surface area contributed by atoms with Crippen molar-refractivity contribution in [3.63, 3.8) is 0 Å². The second kappa shape index (κ2) is 21.3. The molecule has 0 fully saturated rings. The van der Waals surface area contributed by atoms with Gasteiger partial charge in [-0.2, -0.15) is 41.6 Å². The Morgan fingerprint density at radius 1 is 0.548 bits per heavy atom. The zero-order chi connectivity index (χ0) is 44.6. The summed E-state index contributed by atoms with van der Waals surface area (Å²) in [6, 6.07) is 58.6. The Morgan fingerprint density at radius 3 is 1.40 bits per heavy atom. The van der Waals surface area contributed by atoms with Crippen LogP contribution in [0.3, 0.4) is 0 Å². The van der Waals surface area contributed by atoms with Gasteiger partial charge in [0.15, 0.2) is 0 Å². The Balaban J connectivity index is 0.000000155. The third-order valence-corrected chi connectivity index (χ3v) is 12.6. The van der Waals surface area contributed by atoms with Crippen molar-refractivity contribution in [2.24, 2.45) is 11.8 Å². The topological polar surface area (TPSA) is 0 Å². The summed E-state index contributed by atoms with van der Waals surface area (Å²) in [5.41, 5.74) is 14.3. The number of hydrogen-bond donors (Lipinski definition) is 0. The van der Waals surface area contributed by atoms with E-state index >= 15 is 0 Å². The van der Waals surface area contributed by atoms with Crippen molar-refractivity contribution in [1.29, 1.82) is 0 Å². The fraction of sp³-hybridized carbons (Fsp3) is 0.276. The van der Waals surface area contributed by atoms with Crippen molar-refractivity contribution in [1.82, 2.24) is 0 Å². The third-order valence-electron chi connectivity index (χ3n) is 11.3. The van der Waals surface area contributed by atoms with Gasteiger partial charge in [0.05, 0.1) is 9.52 Å². The molecule has 4 heteroatoms. The molecular formula is C58H61Cl2SiZr-3. The number of halogens is 2. The minimum Gasteiger partial charge on any atom is -0.184 e. The van der Waals surface area contributed by atoms with Gasteiger partial charge in [0, 0.05) is 0 Å². The molecule has 0 nitrogen and oxygen atoms in total. The van der Waals surface area contributed by atoms with E-state index in [0.29, 0.717) is 11.8 Å². The SMILES string of the molecule is CC(C)Cc1cc2c(-c3ccccc3)c(C(C)(C)C)ccc2[cH-]1.CC(C)Cc1cc2c(-c3ccccc3)c(C(C)(C)C)ccc2[cH-]1.[Cl][Zr][Cl].[c-]1cccc2c1[Si]c1ccccc1-2. The van der Waals surface area contributed by atoms with Crippen LogP contribution in [0.25, 0.3) is 54.9 Å². The van der Waals surface area contributed by atoms with Crippen LogP contribution in [-0.4, -0.2) is 9.52 Å². The van der Waals surface area contributed by atoms with Gasteiger partial charge in [0.25, 0.3) is 0 Å². The average Bonchev–Trinajstić information content (AvgIpc) is 3.95. The monoisotopic (exact) mass is 945 g/mol. The summed E-state index contributed by atoms with van der Waals surface area (Å²) in [7, 11) is 10.7. The average molecular weight is 948 g/mol. The van der Waals surface area contributed by atoms with Crippen LogP contribution in [0.1, 0.15) is 91.5 Å². The Kier molecular flexibility index (Phi) is 16.4. The summed E-state index contributed by atoms with van der Waals surface area (Å²) >= 11 is -0.826. The smallest absolute Gasteiger partial charge is 0.0920 e. The fourth-order valence-electron chi connectivity index (χ4n) is 8.67. The maximum absolute atomic E-state index is 4.93. The van der Waals surface area contributed by atoms with E-state index in [2.05, 4.69) is 221 Å². The van der Waals surface area contributed by atoms with E-state index in [1.807, 2.05) is 6.07 Å². The molecule has 0 saturated heterocycles. The molecule has 8 aromatic rings. The van der Waals surface area contributed by atoms with E-state index in [9.17, 15) is 0 Å². The molecular weight excluding hydrogens is 887 g/mol. The molecule has 0 bridgehead atoms. The summed E-state index contributed by atoms with van der Waals surface area (Å²) in [4.78, 5) is 0. The largest absolute Gasteiger partial charge is 0.184 e. The molecule has 9 rings (SSSR count). The third kappa shape index (κ3) is 11.9. The zero-order valence-electron chi connectivity index (χ0n) is 38.3. The molecule has 0 amide bonds. The summed E-state index contributed by atoms with van der Waals surface area (Å²) in [5.74, 6) is 1.38. The number of hydrogen-bond acceptors (Lipinski definition) is 0. The molecule has 318 valence electrons. The van der Waals surface area contributed by atoms with Crippen molar-refractivity contribution in [2.45, 2.75) is 92.9 Å². The van der Waals surface area contributed by atoms with Crippen LogP contribution in [0.4, 0.5) is 0 Å². The van der Waals surface area contributed by atoms with Crippen LogP contribution in [0.15, 0.2) is 152 Å².